The van der Waals surface area contributed by atoms with Gasteiger partial charge in [0.05, 0.1) is 24.2 Å². The second-order valence-corrected chi connectivity index (χ2v) is 3.62. The molecule has 16 heavy (non-hydrogen) atoms. The summed E-state index contributed by atoms with van der Waals surface area (Å²) in [6, 6.07) is 5.65. The van der Waals surface area contributed by atoms with Gasteiger partial charge in [-0.3, -0.25) is 0 Å². The average molecular weight is 217 g/mol. The van der Waals surface area contributed by atoms with Crippen molar-refractivity contribution in [3.05, 3.63) is 36.2 Å². The molecule has 1 aromatic heterocycles. The zero-order valence-corrected chi connectivity index (χ0v) is 9.47. The van der Waals surface area contributed by atoms with Crippen LogP contribution in [-0.4, -0.2) is 16.4 Å². The van der Waals surface area contributed by atoms with Crippen molar-refractivity contribution in [3.63, 3.8) is 0 Å². The minimum atomic E-state index is 0.603. The Morgan fingerprint density at radius 2 is 2.25 bits per heavy atom. The Kier molecular flexibility index (Phi) is 2.81. The highest BCUT2D eigenvalue weighted by Crippen LogP contribution is 2.24. The lowest BCUT2D eigenvalue weighted by atomic mass is 10.2. The third-order valence-corrected chi connectivity index (χ3v) is 2.27. The third kappa shape index (κ3) is 2.00. The van der Waals surface area contributed by atoms with Crippen molar-refractivity contribution in [3.8, 4) is 11.4 Å². The Morgan fingerprint density at radius 1 is 1.44 bits per heavy atom. The molecule has 0 saturated carbocycles. The fraction of sp³-hybridized carbons (Fsp3) is 0.250. The number of hydrogen-bond donors (Lipinski definition) is 1. The average Bonchev–Trinajstić information content (AvgIpc) is 2.69. The molecule has 0 amide bonds. The van der Waals surface area contributed by atoms with Crippen molar-refractivity contribution in [1.29, 1.82) is 0 Å². The van der Waals surface area contributed by atoms with Gasteiger partial charge in [-0.1, -0.05) is 0 Å². The molecule has 0 saturated heterocycles. The van der Waals surface area contributed by atoms with E-state index in [1.54, 1.807) is 4.68 Å². The quantitative estimate of drug-likeness (QED) is 0.801. The van der Waals surface area contributed by atoms with Crippen LogP contribution in [0.2, 0.25) is 0 Å². The number of benzene rings is 1. The maximum absolute atomic E-state index is 5.80. The third-order valence-electron chi connectivity index (χ3n) is 2.27. The number of rotatable bonds is 3. The summed E-state index contributed by atoms with van der Waals surface area (Å²) in [6.07, 6.45) is 3.78. The number of nitrogens with zero attached hydrogens (tertiary/aromatic N) is 2. The second-order valence-electron chi connectivity index (χ2n) is 3.62. The maximum atomic E-state index is 5.80. The Hall–Kier alpha value is -1.97. The van der Waals surface area contributed by atoms with E-state index in [-0.39, 0.29) is 0 Å². The SMILES string of the molecule is CCOc1cc(-n2cc(C)cn2)ccc1N. The lowest BCUT2D eigenvalue weighted by Gasteiger charge is -2.09. The molecule has 2 N–H and O–H groups in total. The molecule has 2 aromatic rings. The van der Waals surface area contributed by atoms with Crippen LogP contribution >= 0.6 is 0 Å². The summed E-state index contributed by atoms with van der Waals surface area (Å²) >= 11 is 0. The van der Waals surface area contributed by atoms with Gasteiger partial charge in [0.15, 0.2) is 0 Å². The molecule has 0 fully saturated rings. The molecule has 0 aliphatic carbocycles. The van der Waals surface area contributed by atoms with Crippen molar-refractivity contribution in [2.24, 2.45) is 0 Å². The van der Waals surface area contributed by atoms with Crippen molar-refractivity contribution < 1.29 is 4.74 Å². The Morgan fingerprint density at radius 3 is 2.88 bits per heavy atom. The predicted molar refractivity (Wildman–Crippen MR) is 63.9 cm³/mol. The van der Waals surface area contributed by atoms with Crippen molar-refractivity contribution in [1.82, 2.24) is 9.78 Å². The molecule has 4 heteroatoms. The largest absolute Gasteiger partial charge is 0.492 e. The van der Waals surface area contributed by atoms with E-state index < -0.39 is 0 Å². The summed E-state index contributed by atoms with van der Waals surface area (Å²) in [4.78, 5) is 0. The fourth-order valence-corrected chi connectivity index (χ4v) is 1.50. The van der Waals surface area contributed by atoms with Crippen LogP contribution in [0.15, 0.2) is 30.6 Å². The van der Waals surface area contributed by atoms with Gasteiger partial charge < -0.3 is 10.5 Å². The minimum absolute atomic E-state index is 0.603. The molecular weight excluding hydrogens is 202 g/mol. The fourth-order valence-electron chi connectivity index (χ4n) is 1.50. The van der Waals surface area contributed by atoms with Crippen LogP contribution < -0.4 is 10.5 Å². The van der Waals surface area contributed by atoms with E-state index in [1.807, 2.05) is 44.4 Å². The van der Waals surface area contributed by atoms with Gasteiger partial charge in [0.2, 0.25) is 0 Å². The highest BCUT2D eigenvalue weighted by atomic mass is 16.5. The van der Waals surface area contributed by atoms with Crippen molar-refractivity contribution >= 4 is 5.69 Å². The predicted octanol–water partition coefficient (Wildman–Crippen LogP) is 2.16. The number of aromatic nitrogens is 2. The van der Waals surface area contributed by atoms with Gasteiger partial charge in [0.25, 0.3) is 0 Å². The molecule has 1 aromatic carbocycles. The monoisotopic (exact) mass is 217 g/mol. The van der Waals surface area contributed by atoms with Crippen LogP contribution in [-0.2, 0) is 0 Å². The lowest BCUT2D eigenvalue weighted by molar-refractivity contribution is 0.342. The summed E-state index contributed by atoms with van der Waals surface area (Å²) in [7, 11) is 0. The summed E-state index contributed by atoms with van der Waals surface area (Å²) in [6.45, 7) is 4.54. The smallest absolute Gasteiger partial charge is 0.144 e. The summed E-state index contributed by atoms with van der Waals surface area (Å²) in [5.41, 5.74) is 8.52. The van der Waals surface area contributed by atoms with Crippen LogP contribution in [0.5, 0.6) is 5.75 Å². The molecule has 0 spiro atoms. The lowest BCUT2D eigenvalue weighted by Crippen LogP contribution is -2.00. The van der Waals surface area contributed by atoms with Crippen LogP contribution in [0, 0.1) is 6.92 Å². The molecule has 0 radical (unpaired) electrons. The van der Waals surface area contributed by atoms with E-state index in [4.69, 9.17) is 10.5 Å². The van der Waals surface area contributed by atoms with E-state index in [1.165, 1.54) is 0 Å². The van der Waals surface area contributed by atoms with E-state index >= 15 is 0 Å². The Labute approximate surface area is 94.6 Å². The van der Waals surface area contributed by atoms with E-state index in [0.717, 1.165) is 11.3 Å². The normalized spacial score (nSPS) is 10.4. The van der Waals surface area contributed by atoms with Gasteiger partial charge in [0.1, 0.15) is 5.75 Å². The van der Waals surface area contributed by atoms with E-state index in [2.05, 4.69) is 5.10 Å². The number of ether oxygens (including phenoxy) is 1. The van der Waals surface area contributed by atoms with Gasteiger partial charge in [-0.2, -0.15) is 5.10 Å². The maximum Gasteiger partial charge on any atom is 0.144 e. The molecule has 84 valence electrons. The van der Waals surface area contributed by atoms with Gasteiger partial charge >= 0.3 is 0 Å². The first-order valence-electron chi connectivity index (χ1n) is 5.24. The number of anilines is 1. The summed E-state index contributed by atoms with van der Waals surface area (Å²) < 4.78 is 7.24. The number of nitrogens with two attached hydrogens (primary N) is 1. The zero-order valence-electron chi connectivity index (χ0n) is 9.47. The Bertz CT molecular complexity index is 491. The summed E-state index contributed by atoms with van der Waals surface area (Å²) in [5.74, 6) is 0.702. The number of nitrogen functional groups attached to an aromatic ring is 1. The van der Waals surface area contributed by atoms with Crippen LogP contribution in [0.3, 0.4) is 0 Å². The molecule has 2 rings (SSSR count). The summed E-state index contributed by atoms with van der Waals surface area (Å²) in [5, 5.41) is 4.24. The minimum Gasteiger partial charge on any atom is -0.492 e. The van der Waals surface area contributed by atoms with Crippen molar-refractivity contribution in [2.75, 3.05) is 12.3 Å². The molecular formula is C12H15N3O. The standard InChI is InChI=1S/C12H15N3O/c1-3-16-12-6-10(4-5-11(12)13)15-8-9(2)7-14-15/h4-8H,3,13H2,1-2H3. The van der Waals surface area contributed by atoms with Gasteiger partial charge in [-0.05, 0) is 31.5 Å². The van der Waals surface area contributed by atoms with E-state index in [0.29, 0.717) is 18.0 Å². The first-order chi connectivity index (χ1) is 7.70. The number of aryl methyl sites for hydroxylation is 1. The van der Waals surface area contributed by atoms with Gasteiger partial charge in [-0.15, -0.1) is 0 Å². The first kappa shape index (κ1) is 10.5. The van der Waals surface area contributed by atoms with Crippen molar-refractivity contribution in [2.45, 2.75) is 13.8 Å². The highest BCUT2D eigenvalue weighted by Gasteiger charge is 2.04. The molecule has 4 nitrogen and oxygen atoms in total. The van der Waals surface area contributed by atoms with E-state index in [9.17, 15) is 0 Å². The molecule has 0 aliphatic rings. The molecule has 0 atom stereocenters. The first-order valence-corrected chi connectivity index (χ1v) is 5.24. The Balaban J connectivity index is 2.39. The van der Waals surface area contributed by atoms with Gasteiger partial charge in [-0.25, -0.2) is 4.68 Å². The number of hydrogen-bond acceptors (Lipinski definition) is 3. The topological polar surface area (TPSA) is 53.1 Å². The molecule has 0 bridgehead atoms. The zero-order chi connectivity index (χ0) is 11.5. The molecule has 0 unspecified atom stereocenters. The molecule has 0 aliphatic heterocycles. The second kappa shape index (κ2) is 4.26. The van der Waals surface area contributed by atoms with Gasteiger partial charge in [0, 0.05) is 12.3 Å². The van der Waals surface area contributed by atoms with Crippen LogP contribution in [0.1, 0.15) is 12.5 Å². The molecule has 1 heterocycles. The highest BCUT2D eigenvalue weighted by molar-refractivity contribution is 5.57. The van der Waals surface area contributed by atoms with Crippen LogP contribution in [0.25, 0.3) is 5.69 Å². The van der Waals surface area contributed by atoms with Crippen LogP contribution in [0.4, 0.5) is 5.69 Å².